The van der Waals surface area contributed by atoms with Crippen molar-refractivity contribution in [1.82, 2.24) is 0 Å². The number of alkyl halides is 1. The van der Waals surface area contributed by atoms with Crippen molar-refractivity contribution in [1.29, 1.82) is 0 Å². The number of thioether (sulfide) groups is 2. The summed E-state index contributed by atoms with van der Waals surface area (Å²) in [6.07, 6.45) is -1.14. The van der Waals surface area contributed by atoms with Gasteiger partial charge in [-0.15, -0.1) is 0 Å². The average Bonchev–Trinajstić information content (AvgIpc) is 2.76. The Hall–Kier alpha value is -0.970. The van der Waals surface area contributed by atoms with Gasteiger partial charge in [-0.25, -0.2) is 4.39 Å². The third-order valence-electron chi connectivity index (χ3n) is 2.79. The summed E-state index contributed by atoms with van der Waals surface area (Å²) < 4.78 is 13.1. The van der Waals surface area contributed by atoms with Crippen LogP contribution >= 0.6 is 23.5 Å². The maximum absolute atomic E-state index is 14.9. The maximum Gasteiger partial charge on any atom is 0.240 e. The molecule has 92 valence electrons. The number of fused-ring (bicyclic) bond motifs is 1. The molecule has 0 saturated carbocycles. The monoisotopic (exact) mass is 278 g/mol. The standard InChI is InChI=1S/C14H11FOS2/c15-14(13(16)10-6-2-1-3-7-10)17-11-8-4-5-9-12(11)18-14/h1-9,13,16H. The van der Waals surface area contributed by atoms with Crippen LogP contribution in [0.25, 0.3) is 0 Å². The normalized spacial score (nSPS) is 18.3. The van der Waals surface area contributed by atoms with E-state index in [-0.39, 0.29) is 0 Å². The first kappa shape index (κ1) is 12.1. The Kier molecular flexibility index (Phi) is 3.09. The van der Waals surface area contributed by atoms with Crippen LogP contribution in [0, 0.1) is 0 Å². The van der Waals surface area contributed by atoms with Crippen molar-refractivity contribution < 1.29 is 9.50 Å². The average molecular weight is 278 g/mol. The predicted octanol–water partition coefficient (Wildman–Crippen LogP) is 4.24. The SMILES string of the molecule is OC(c1ccccc1)C1(F)Sc2ccccc2S1. The Morgan fingerprint density at radius 1 is 0.889 bits per heavy atom. The molecular weight excluding hydrogens is 267 g/mol. The molecule has 2 aromatic carbocycles. The second-order valence-corrected chi connectivity index (χ2v) is 6.78. The molecule has 0 bridgehead atoms. The highest BCUT2D eigenvalue weighted by Gasteiger charge is 2.46. The van der Waals surface area contributed by atoms with Crippen LogP contribution in [0.3, 0.4) is 0 Å². The lowest BCUT2D eigenvalue weighted by Crippen LogP contribution is -2.21. The molecule has 1 heterocycles. The molecule has 4 heteroatoms. The van der Waals surface area contributed by atoms with Gasteiger partial charge in [-0.05, 0) is 17.7 Å². The number of rotatable bonds is 2. The molecule has 0 fully saturated rings. The first-order valence-electron chi connectivity index (χ1n) is 5.58. The highest BCUT2D eigenvalue weighted by Crippen LogP contribution is 2.61. The highest BCUT2D eigenvalue weighted by molar-refractivity contribution is 8.20. The van der Waals surface area contributed by atoms with Crippen molar-refractivity contribution in [3.05, 3.63) is 60.2 Å². The summed E-state index contributed by atoms with van der Waals surface area (Å²) in [5, 5.41) is 10.2. The van der Waals surface area contributed by atoms with Gasteiger partial charge in [-0.1, -0.05) is 66.0 Å². The zero-order chi connectivity index (χ0) is 12.6. The molecule has 0 aliphatic carbocycles. The van der Waals surface area contributed by atoms with Gasteiger partial charge in [0.2, 0.25) is 4.33 Å². The minimum absolute atomic E-state index is 0.604. The summed E-state index contributed by atoms with van der Waals surface area (Å²) in [4.78, 5) is 1.78. The van der Waals surface area contributed by atoms with Crippen LogP contribution in [0.5, 0.6) is 0 Å². The minimum atomic E-state index is -1.74. The van der Waals surface area contributed by atoms with E-state index in [9.17, 15) is 9.50 Å². The van der Waals surface area contributed by atoms with E-state index in [2.05, 4.69) is 0 Å². The highest BCUT2D eigenvalue weighted by atomic mass is 32.2. The Morgan fingerprint density at radius 3 is 1.94 bits per heavy atom. The summed E-state index contributed by atoms with van der Waals surface area (Å²) >= 11 is 2.18. The molecule has 1 aliphatic rings. The number of aliphatic hydroxyl groups is 1. The number of halogens is 1. The zero-order valence-corrected chi connectivity index (χ0v) is 11.0. The molecule has 0 spiro atoms. The van der Waals surface area contributed by atoms with Crippen molar-refractivity contribution in [3.8, 4) is 0 Å². The van der Waals surface area contributed by atoms with Gasteiger partial charge in [-0.3, -0.25) is 0 Å². The summed E-state index contributed by atoms with van der Waals surface area (Å²) in [5.74, 6) is 0. The fourth-order valence-corrected chi connectivity index (χ4v) is 4.57. The summed E-state index contributed by atoms with van der Waals surface area (Å²) in [5.41, 5.74) is 0.604. The largest absolute Gasteiger partial charge is 0.383 e. The Balaban J connectivity index is 1.90. The number of aliphatic hydroxyl groups excluding tert-OH is 1. The van der Waals surface area contributed by atoms with Crippen molar-refractivity contribution in [2.75, 3.05) is 0 Å². The van der Waals surface area contributed by atoms with Crippen LogP contribution in [0.2, 0.25) is 0 Å². The van der Waals surface area contributed by atoms with E-state index in [0.29, 0.717) is 5.56 Å². The lowest BCUT2D eigenvalue weighted by Gasteiger charge is -2.24. The van der Waals surface area contributed by atoms with Gasteiger partial charge in [0.25, 0.3) is 0 Å². The van der Waals surface area contributed by atoms with Crippen LogP contribution < -0.4 is 0 Å². The maximum atomic E-state index is 14.9. The molecule has 1 unspecified atom stereocenters. The minimum Gasteiger partial charge on any atom is -0.383 e. The van der Waals surface area contributed by atoms with Crippen molar-refractivity contribution >= 4 is 23.5 Å². The molecule has 0 aromatic heterocycles. The zero-order valence-electron chi connectivity index (χ0n) is 9.42. The van der Waals surface area contributed by atoms with E-state index in [1.54, 1.807) is 24.3 Å². The van der Waals surface area contributed by atoms with E-state index >= 15 is 0 Å². The van der Waals surface area contributed by atoms with E-state index in [0.717, 1.165) is 33.3 Å². The second-order valence-electron chi connectivity index (χ2n) is 4.05. The van der Waals surface area contributed by atoms with Gasteiger partial charge < -0.3 is 5.11 Å². The van der Waals surface area contributed by atoms with E-state index in [1.165, 1.54) is 0 Å². The van der Waals surface area contributed by atoms with Gasteiger partial charge in [0.05, 0.1) is 0 Å². The second kappa shape index (κ2) is 4.61. The molecule has 3 rings (SSSR count). The summed E-state index contributed by atoms with van der Waals surface area (Å²) in [7, 11) is 0. The summed E-state index contributed by atoms with van der Waals surface area (Å²) in [6.45, 7) is 0. The molecular formula is C14H11FOS2. The van der Waals surface area contributed by atoms with Crippen molar-refractivity contribution in [2.45, 2.75) is 20.2 Å². The molecule has 1 N–H and O–H groups in total. The lowest BCUT2D eigenvalue weighted by molar-refractivity contribution is 0.107. The van der Waals surface area contributed by atoms with Crippen LogP contribution in [0.15, 0.2) is 64.4 Å². The van der Waals surface area contributed by atoms with Gasteiger partial charge in [0.1, 0.15) is 6.10 Å². The number of benzene rings is 2. The Morgan fingerprint density at radius 2 is 1.39 bits per heavy atom. The molecule has 0 saturated heterocycles. The lowest BCUT2D eigenvalue weighted by atomic mass is 10.1. The Labute approximate surface area is 113 Å². The first-order chi connectivity index (χ1) is 8.69. The number of hydrogen-bond acceptors (Lipinski definition) is 3. The van der Waals surface area contributed by atoms with Crippen molar-refractivity contribution in [3.63, 3.8) is 0 Å². The molecule has 18 heavy (non-hydrogen) atoms. The molecule has 0 radical (unpaired) electrons. The van der Waals surface area contributed by atoms with Crippen molar-refractivity contribution in [2.24, 2.45) is 0 Å². The molecule has 1 atom stereocenters. The van der Waals surface area contributed by atoms with Crippen LogP contribution in [0.4, 0.5) is 4.39 Å². The Bertz CT molecular complexity index is 534. The van der Waals surface area contributed by atoms with E-state index in [1.807, 2.05) is 30.3 Å². The van der Waals surface area contributed by atoms with Gasteiger partial charge in [0.15, 0.2) is 0 Å². The van der Waals surface area contributed by atoms with Crippen LogP contribution in [0.1, 0.15) is 11.7 Å². The molecule has 2 aromatic rings. The third-order valence-corrected chi connectivity index (χ3v) is 5.57. The molecule has 0 amide bonds. The van der Waals surface area contributed by atoms with Crippen LogP contribution in [-0.4, -0.2) is 9.44 Å². The fraction of sp³-hybridized carbons (Fsp3) is 0.143. The summed E-state index contributed by atoms with van der Waals surface area (Å²) in [6, 6.07) is 16.5. The predicted molar refractivity (Wildman–Crippen MR) is 73.4 cm³/mol. The molecule has 1 aliphatic heterocycles. The molecule has 1 nitrogen and oxygen atoms in total. The smallest absolute Gasteiger partial charge is 0.240 e. The van der Waals surface area contributed by atoms with E-state index in [4.69, 9.17) is 0 Å². The fourth-order valence-electron chi connectivity index (χ4n) is 1.89. The van der Waals surface area contributed by atoms with E-state index < -0.39 is 10.4 Å². The van der Waals surface area contributed by atoms with Gasteiger partial charge in [0, 0.05) is 9.79 Å². The van der Waals surface area contributed by atoms with Gasteiger partial charge >= 0.3 is 0 Å². The van der Waals surface area contributed by atoms with Gasteiger partial charge in [-0.2, -0.15) is 0 Å². The quantitative estimate of drug-likeness (QED) is 0.887. The topological polar surface area (TPSA) is 20.2 Å². The van der Waals surface area contributed by atoms with Crippen LogP contribution in [-0.2, 0) is 0 Å². The number of hydrogen-bond donors (Lipinski definition) is 1. The first-order valence-corrected chi connectivity index (χ1v) is 7.21. The third kappa shape index (κ3) is 2.05.